The molecule has 0 radical (unpaired) electrons. The van der Waals surface area contributed by atoms with Gasteiger partial charge in [0.1, 0.15) is 11.9 Å². The number of hydrogen-bond donors (Lipinski definition) is 1. The lowest BCUT2D eigenvalue weighted by Crippen LogP contribution is -2.34. The summed E-state index contributed by atoms with van der Waals surface area (Å²) in [5.74, 6) is 0.990. The number of nitrogens with two attached hydrogens (primary N) is 1. The number of nitrogens with zero attached hydrogens (tertiary/aromatic N) is 2. The number of carbonyl (C=O) groups is 1. The Kier molecular flexibility index (Phi) is 8.78. The number of methoxy groups -OCH3 is 1. The van der Waals surface area contributed by atoms with Crippen LogP contribution >= 0.6 is 15.9 Å². The van der Waals surface area contributed by atoms with Gasteiger partial charge < -0.3 is 15.2 Å². The molecule has 134 valence electrons. The number of halogens is 1. The first-order valence-electron chi connectivity index (χ1n) is 8.01. The summed E-state index contributed by atoms with van der Waals surface area (Å²) < 4.78 is 12.1. The standard InChI is InChI=1S/C15H20BrN3O3.C2H6/c1-19(9-20)15(17)18-13-8-11(5-6-21-2)22-14-4-3-10(16)7-12(13)14;1-2/h3-4,7,9,11,13H,5-6,8H2,1-2H3,(H2,17,18);1-2H3. The summed E-state index contributed by atoms with van der Waals surface area (Å²) >= 11 is 3.46. The lowest BCUT2D eigenvalue weighted by atomic mass is 9.95. The number of guanidine groups is 1. The molecule has 2 unspecified atom stereocenters. The highest BCUT2D eigenvalue weighted by Gasteiger charge is 2.28. The van der Waals surface area contributed by atoms with E-state index in [0.717, 1.165) is 22.2 Å². The van der Waals surface area contributed by atoms with Gasteiger partial charge in [0.15, 0.2) is 5.96 Å². The molecule has 1 aliphatic rings. The fourth-order valence-corrected chi connectivity index (χ4v) is 2.72. The van der Waals surface area contributed by atoms with Crippen LogP contribution in [0.1, 0.15) is 38.3 Å². The van der Waals surface area contributed by atoms with Crippen molar-refractivity contribution in [2.24, 2.45) is 10.7 Å². The molecule has 0 aliphatic carbocycles. The first-order chi connectivity index (χ1) is 11.5. The van der Waals surface area contributed by atoms with E-state index in [1.807, 2.05) is 32.0 Å². The largest absolute Gasteiger partial charge is 0.490 e. The summed E-state index contributed by atoms with van der Waals surface area (Å²) in [4.78, 5) is 16.6. The molecule has 0 spiro atoms. The number of aliphatic imine (C=N–C) groups is 1. The molecule has 2 N–H and O–H groups in total. The average Bonchev–Trinajstić information content (AvgIpc) is 2.61. The van der Waals surface area contributed by atoms with Crippen LogP contribution in [0.2, 0.25) is 0 Å². The number of ether oxygens (including phenoxy) is 2. The molecule has 1 aliphatic heterocycles. The minimum atomic E-state index is -0.148. The fraction of sp³-hybridized carbons (Fsp3) is 0.529. The zero-order valence-electron chi connectivity index (χ0n) is 14.7. The van der Waals surface area contributed by atoms with Gasteiger partial charge >= 0.3 is 0 Å². The predicted molar refractivity (Wildman–Crippen MR) is 99.2 cm³/mol. The summed E-state index contributed by atoms with van der Waals surface area (Å²) in [6.07, 6.45) is 2.13. The van der Waals surface area contributed by atoms with Crippen LogP contribution in [-0.4, -0.2) is 44.1 Å². The van der Waals surface area contributed by atoms with E-state index in [4.69, 9.17) is 15.2 Å². The molecular formula is C17H26BrN3O3. The van der Waals surface area contributed by atoms with Crippen molar-refractivity contribution < 1.29 is 14.3 Å². The van der Waals surface area contributed by atoms with Crippen LogP contribution in [0.5, 0.6) is 5.75 Å². The van der Waals surface area contributed by atoms with E-state index >= 15 is 0 Å². The van der Waals surface area contributed by atoms with Gasteiger partial charge in [-0.15, -0.1) is 0 Å². The van der Waals surface area contributed by atoms with Gasteiger partial charge in [-0.2, -0.15) is 0 Å². The van der Waals surface area contributed by atoms with Crippen LogP contribution in [0.25, 0.3) is 0 Å². The van der Waals surface area contributed by atoms with E-state index in [-0.39, 0.29) is 18.1 Å². The molecule has 0 aromatic heterocycles. The summed E-state index contributed by atoms with van der Waals surface area (Å²) in [6.45, 7) is 4.62. The second kappa shape index (κ2) is 10.3. The van der Waals surface area contributed by atoms with Crippen LogP contribution in [-0.2, 0) is 9.53 Å². The number of carbonyl (C=O) groups excluding carboxylic acids is 1. The number of amides is 1. The number of hydrogen-bond acceptors (Lipinski definition) is 4. The number of rotatable bonds is 5. The molecule has 1 heterocycles. The van der Waals surface area contributed by atoms with E-state index in [1.54, 1.807) is 14.2 Å². The summed E-state index contributed by atoms with van der Waals surface area (Å²) in [6, 6.07) is 5.68. The van der Waals surface area contributed by atoms with E-state index in [1.165, 1.54) is 4.90 Å². The van der Waals surface area contributed by atoms with Crippen molar-refractivity contribution in [3.05, 3.63) is 28.2 Å². The van der Waals surface area contributed by atoms with Crippen LogP contribution < -0.4 is 10.5 Å². The third kappa shape index (κ3) is 5.49. The molecule has 0 saturated carbocycles. The first kappa shape index (κ1) is 20.4. The van der Waals surface area contributed by atoms with Crippen molar-refractivity contribution in [2.45, 2.75) is 38.8 Å². The van der Waals surface area contributed by atoms with Crippen LogP contribution in [0.3, 0.4) is 0 Å². The normalized spacial score (nSPS) is 19.5. The Bertz CT molecular complexity index is 566. The monoisotopic (exact) mass is 399 g/mol. The SMILES string of the molecule is CC.COCCC1CC(N=C(N)N(C)C=O)c2cc(Br)ccc2O1. The van der Waals surface area contributed by atoms with E-state index in [0.29, 0.717) is 19.4 Å². The van der Waals surface area contributed by atoms with Gasteiger partial charge in [0.05, 0.1) is 6.04 Å². The molecule has 6 nitrogen and oxygen atoms in total. The Morgan fingerprint density at radius 2 is 2.25 bits per heavy atom. The van der Waals surface area contributed by atoms with Gasteiger partial charge in [-0.05, 0) is 18.2 Å². The Balaban J connectivity index is 0.00000139. The predicted octanol–water partition coefficient (Wildman–Crippen LogP) is 3.11. The average molecular weight is 400 g/mol. The first-order valence-corrected chi connectivity index (χ1v) is 8.81. The second-order valence-corrected chi connectivity index (χ2v) is 6.07. The van der Waals surface area contributed by atoms with E-state index in [2.05, 4.69) is 20.9 Å². The molecule has 7 heteroatoms. The van der Waals surface area contributed by atoms with Crippen molar-refractivity contribution in [1.29, 1.82) is 0 Å². The van der Waals surface area contributed by atoms with Crippen LogP contribution in [0.15, 0.2) is 27.7 Å². The molecule has 2 atom stereocenters. The quantitative estimate of drug-likeness (QED) is 0.468. The van der Waals surface area contributed by atoms with Crippen LogP contribution in [0, 0.1) is 0 Å². The van der Waals surface area contributed by atoms with Crippen molar-refractivity contribution in [2.75, 3.05) is 20.8 Å². The van der Waals surface area contributed by atoms with Crippen molar-refractivity contribution in [1.82, 2.24) is 4.90 Å². The van der Waals surface area contributed by atoms with Gasteiger partial charge in [-0.1, -0.05) is 29.8 Å². The summed E-state index contributed by atoms with van der Waals surface area (Å²) in [5, 5.41) is 0. The zero-order chi connectivity index (χ0) is 18.1. The third-order valence-corrected chi connectivity index (χ3v) is 4.06. The highest BCUT2D eigenvalue weighted by Crippen LogP contribution is 2.39. The second-order valence-electron chi connectivity index (χ2n) is 5.16. The van der Waals surface area contributed by atoms with Gasteiger partial charge in [-0.25, -0.2) is 4.99 Å². The Labute approximate surface area is 152 Å². The zero-order valence-corrected chi connectivity index (χ0v) is 16.2. The molecule has 24 heavy (non-hydrogen) atoms. The maximum Gasteiger partial charge on any atom is 0.216 e. The smallest absolute Gasteiger partial charge is 0.216 e. The van der Waals surface area contributed by atoms with Crippen molar-refractivity contribution >= 4 is 28.3 Å². The lowest BCUT2D eigenvalue weighted by molar-refractivity contribution is -0.114. The summed E-state index contributed by atoms with van der Waals surface area (Å²) in [5.41, 5.74) is 6.83. The summed E-state index contributed by atoms with van der Waals surface area (Å²) in [7, 11) is 3.25. The van der Waals surface area contributed by atoms with Gasteiger partial charge in [0.2, 0.25) is 6.41 Å². The minimum absolute atomic E-state index is 0.0108. The van der Waals surface area contributed by atoms with Crippen molar-refractivity contribution in [3.8, 4) is 5.75 Å². The highest BCUT2D eigenvalue weighted by molar-refractivity contribution is 9.10. The number of benzene rings is 1. The maximum atomic E-state index is 10.8. The molecular weight excluding hydrogens is 374 g/mol. The number of fused-ring (bicyclic) bond motifs is 1. The lowest BCUT2D eigenvalue weighted by Gasteiger charge is -2.31. The maximum absolute atomic E-state index is 10.8. The molecule has 1 aromatic rings. The van der Waals surface area contributed by atoms with Gasteiger partial charge in [-0.3, -0.25) is 9.69 Å². The van der Waals surface area contributed by atoms with E-state index < -0.39 is 0 Å². The Morgan fingerprint density at radius 3 is 2.88 bits per heavy atom. The van der Waals surface area contributed by atoms with Gasteiger partial charge in [0.25, 0.3) is 0 Å². The van der Waals surface area contributed by atoms with E-state index in [9.17, 15) is 4.79 Å². The molecule has 0 fully saturated rings. The minimum Gasteiger partial charge on any atom is -0.490 e. The Morgan fingerprint density at radius 1 is 1.54 bits per heavy atom. The molecule has 0 saturated heterocycles. The molecule has 1 amide bonds. The molecule has 2 rings (SSSR count). The molecule has 0 bridgehead atoms. The molecule has 1 aromatic carbocycles. The van der Waals surface area contributed by atoms with Gasteiger partial charge in [0, 0.05) is 43.6 Å². The third-order valence-electron chi connectivity index (χ3n) is 3.56. The van der Waals surface area contributed by atoms with Crippen molar-refractivity contribution in [3.63, 3.8) is 0 Å². The highest BCUT2D eigenvalue weighted by atomic mass is 79.9. The topological polar surface area (TPSA) is 77.2 Å². The van der Waals surface area contributed by atoms with Crippen LogP contribution in [0.4, 0.5) is 0 Å². The Hall–Kier alpha value is -1.60. The fourth-order valence-electron chi connectivity index (χ4n) is 2.34.